The van der Waals surface area contributed by atoms with Crippen molar-refractivity contribution >= 4 is 11.8 Å². The van der Waals surface area contributed by atoms with Crippen LogP contribution < -0.4 is 0 Å². The van der Waals surface area contributed by atoms with Gasteiger partial charge < -0.3 is 4.74 Å². The molecule has 1 fully saturated rings. The highest BCUT2D eigenvalue weighted by atomic mass is 16.5. The fourth-order valence-corrected chi connectivity index (χ4v) is 1.98. The van der Waals surface area contributed by atoms with Crippen molar-refractivity contribution < 1.29 is 14.3 Å². The summed E-state index contributed by atoms with van der Waals surface area (Å²) in [7, 11) is 0. The summed E-state index contributed by atoms with van der Waals surface area (Å²) in [5, 5.41) is 0. The molecule has 0 aromatic rings. The molecule has 0 aromatic heterocycles. The van der Waals surface area contributed by atoms with Gasteiger partial charge in [0.1, 0.15) is 5.76 Å². The molecule has 0 aromatic carbocycles. The molecule has 0 N–H and O–H groups in total. The van der Waals surface area contributed by atoms with Crippen LogP contribution in [-0.2, 0) is 14.3 Å². The molecular formula is C13H17NO3. The van der Waals surface area contributed by atoms with Gasteiger partial charge in [-0.2, -0.15) is 0 Å². The topological polar surface area (TPSA) is 46.6 Å². The zero-order valence-corrected chi connectivity index (χ0v) is 9.85. The van der Waals surface area contributed by atoms with Crippen molar-refractivity contribution in [2.75, 3.05) is 13.2 Å². The largest absolute Gasteiger partial charge is 0.494 e. The van der Waals surface area contributed by atoms with Crippen LogP contribution >= 0.6 is 0 Å². The van der Waals surface area contributed by atoms with Crippen molar-refractivity contribution in [2.45, 2.75) is 32.1 Å². The van der Waals surface area contributed by atoms with Gasteiger partial charge in [-0.1, -0.05) is 6.08 Å². The molecule has 0 saturated carbocycles. The van der Waals surface area contributed by atoms with Crippen LogP contribution in [0.4, 0.5) is 0 Å². The van der Waals surface area contributed by atoms with Gasteiger partial charge in [-0.3, -0.25) is 14.5 Å². The van der Waals surface area contributed by atoms with Gasteiger partial charge in [0.25, 0.3) is 0 Å². The number of carbonyl (C=O) groups excluding carboxylic acids is 2. The van der Waals surface area contributed by atoms with Crippen LogP contribution in [0.25, 0.3) is 0 Å². The first-order chi connectivity index (χ1) is 8.27. The van der Waals surface area contributed by atoms with Gasteiger partial charge in [0, 0.05) is 19.4 Å². The summed E-state index contributed by atoms with van der Waals surface area (Å²) < 4.78 is 5.54. The molecule has 2 amide bonds. The van der Waals surface area contributed by atoms with Gasteiger partial charge in [0.2, 0.25) is 11.8 Å². The summed E-state index contributed by atoms with van der Waals surface area (Å²) in [6, 6.07) is 0. The van der Waals surface area contributed by atoms with Crippen molar-refractivity contribution in [1.29, 1.82) is 0 Å². The minimum atomic E-state index is -0.0493. The van der Waals surface area contributed by atoms with Crippen LogP contribution in [0.2, 0.25) is 0 Å². The third-order valence-electron chi connectivity index (χ3n) is 2.91. The molecule has 0 unspecified atom stereocenters. The molecule has 1 saturated heterocycles. The molecule has 2 aliphatic rings. The quantitative estimate of drug-likeness (QED) is 0.539. The second-order valence-electron chi connectivity index (χ2n) is 4.23. The van der Waals surface area contributed by atoms with Crippen LogP contribution in [0.3, 0.4) is 0 Å². The summed E-state index contributed by atoms with van der Waals surface area (Å²) in [6.07, 6.45) is 9.65. The summed E-state index contributed by atoms with van der Waals surface area (Å²) in [6.45, 7) is 1.03. The summed E-state index contributed by atoms with van der Waals surface area (Å²) in [5.74, 6) is 0.800. The lowest BCUT2D eigenvalue weighted by Crippen LogP contribution is -2.30. The van der Waals surface area contributed by atoms with E-state index in [1.54, 1.807) is 0 Å². The lowest BCUT2D eigenvalue weighted by atomic mass is 10.2. The van der Waals surface area contributed by atoms with Crippen LogP contribution in [-0.4, -0.2) is 29.9 Å². The molecular weight excluding hydrogens is 218 g/mol. The van der Waals surface area contributed by atoms with E-state index in [0.717, 1.165) is 18.6 Å². The Labute approximate surface area is 101 Å². The van der Waals surface area contributed by atoms with Gasteiger partial charge >= 0.3 is 0 Å². The Morgan fingerprint density at radius 2 is 1.94 bits per heavy atom. The zero-order chi connectivity index (χ0) is 12.1. The lowest BCUT2D eigenvalue weighted by Gasteiger charge is -2.14. The van der Waals surface area contributed by atoms with E-state index in [-0.39, 0.29) is 11.8 Å². The van der Waals surface area contributed by atoms with E-state index in [0.29, 0.717) is 32.4 Å². The van der Waals surface area contributed by atoms with Gasteiger partial charge in [0.15, 0.2) is 0 Å². The second kappa shape index (κ2) is 5.66. The molecule has 0 radical (unpaired) electrons. The number of rotatable bonds is 5. The Kier molecular flexibility index (Phi) is 3.96. The van der Waals surface area contributed by atoms with Crippen molar-refractivity contribution in [3.05, 3.63) is 24.0 Å². The molecule has 92 valence electrons. The first kappa shape index (κ1) is 11.9. The van der Waals surface area contributed by atoms with Crippen molar-refractivity contribution in [3.8, 4) is 0 Å². The van der Waals surface area contributed by atoms with Gasteiger partial charge in [-0.05, 0) is 31.4 Å². The molecule has 2 rings (SSSR count). The predicted octanol–water partition coefficient (Wildman–Crippen LogP) is 1.78. The lowest BCUT2D eigenvalue weighted by molar-refractivity contribution is -0.138. The molecule has 0 spiro atoms. The number of ether oxygens (including phenoxy) is 1. The zero-order valence-electron chi connectivity index (χ0n) is 9.85. The van der Waals surface area contributed by atoms with E-state index in [9.17, 15) is 9.59 Å². The molecule has 4 heteroatoms. The van der Waals surface area contributed by atoms with Gasteiger partial charge in [-0.25, -0.2) is 0 Å². The fourth-order valence-electron chi connectivity index (χ4n) is 1.98. The maximum atomic E-state index is 11.3. The molecule has 1 aliphatic carbocycles. The Morgan fingerprint density at radius 1 is 1.18 bits per heavy atom. The minimum Gasteiger partial charge on any atom is -0.494 e. The minimum absolute atomic E-state index is 0.0493. The van der Waals surface area contributed by atoms with E-state index in [2.05, 4.69) is 12.2 Å². The highest BCUT2D eigenvalue weighted by Crippen LogP contribution is 2.13. The summed E-state index contributed by atoms with van der Waals surface area (Å²) >= 11 is 0. The molecule has 0 bridgehead atoms. The number of hydrogen-bond acceptors (Lipinski definition) is 3. The molecule has 1 heterocycles. The smallest absolute Gasteiger partial charge is 0.229 e. The normalized spacial score (nSPS) is 19.8. The molecule has 0 atom stereocenters. The van der Waals surface area contributed by atoms with Gasteiger partial charge in [-0.15, -0.1) is 0 Å². The first-order valence-electron chi connectivity index (χ1n) is 6.10. The van der Waals surface area contributed by atoms with E-state index < -0.39 is 0 Å². The Morgan fingerprint density at radius 3 is 2.59 bits per heavy atom. The molecule has 17 heavy (non-hydrogen) atoms. The monoisotopic (exact) mass is 235 g/mol. The second-order valence-corrected chi connectivity index (χ2v) is 4.23. The van der Waals surface area contributed by atoms with E-state index in [1.165, 1.54) is 4.90 Å². The van der Waals surface area contributed by atoms with Gasteiger partial charge in [0.05, 0.1) is 6.61 Å². The number of carbonyl (C=O) groups is 2. The number of allylic oxidation sites excluding steroid dienone is 3. The molecule has 1 aliphatic heterocycles. The maximum Gasteiger partial charge on any atom is 0.229 e. The third-order valence-corrected chi connectivity index (χ3v) is 2.91. The number of likely N-dealkylation sites (tertiary alicyclic amines) is 1. The fraction of sp³-hybridized carbons (Fsp3) is 0.538. The highest BCUT2D eigenvalue weighted by molar-refractivity contribution is 6.01. The van der Waals surface area contributed by atoms with Crippen LogP contribution in [0.15, 0.2) is 24.0 Å². The SMILES string of the molecule is O=C1CCC(=O)N1CCCOC1=CCCC=C1. The standard InChI is InChI=1S/C13H17NO3/c15-12-7-8-13(16)14(12)9-4-10-17-11-5-2-1-3-6-11/h2,5-6H,1,3-4,7-10H2. The summed E-state index contributed by atoms with van der Waals surface area (Å²) in [5.41, 5.74) is 0. The maximum absolute atomic E-state index is 11.3. The molecule has 4 nitrogen and oxygen atoms in total. The summed E-state index contributed by atoms with van der Waals surface area (Å²) in [4.78, 5) is 24.0. The van der Waals surface area contributed by atoms with E-state index in [1.807, 2.05) is 6.08 Å². The van der Waals surface area contributed by atoms with Crippen molar-refractivity contribution in [1.82, 2.24) is 4.90 Å². The number of nitrogens with zero attached hydrogens (tertiary/aromatic N) is 1. The van der Waals surface area contributed by atoms with E-state index >= 15 is 0 Å². The highest BCUT2D eigenvalue weighted by Gasteiger charge is 2.27. The number of imide groups is 1. The van der Waals surface area contributed by atoms with E-state index in [4.69, 9.17) is 4.74 Å². The number of amides is 2. The average Bonchev–Trinajstić information content (AvgIpc) is 2.67. The Bertz CT molecular complexity index is 355. The van der Waals surface area contributed by atoms with Crippen LogP contribution in [0.1, 0.15) is 32.1 Å². The van der Waals surface area contributed by atoms with Crippen LogP contribution in [0, 0.1) is 0 Å². The predicted molar refractivity (Wildman–Crippen MR) is 63.0 cm³/mol. The Hall–Kier alpha value is -1.58. The van der Waals surface area contributed by atoms with Crippen molar-refractivity contribution in [3.63, 3.8) is 0 Å². The average molecular weight is 235 g/mol. The third kappa shape index (κ3) is 3.19. The van der Waals surface area contributed by atoms with Crippen LogP contribution in [0.5, 0.6) is 0 Å². The first-order valence-corrected chi connectivity index (χ1v) is 6.10. The number of hydrogen-bond donors (Lipinski definition) is 0. The van der Waals surface area contributed by atoms with Crippen molar-refractivity contribution in [2.24, 2.45) is 0 Å². The Balaban J connectivity index is 1.66.